The molecule has 0 saturated carbocycles. The van der Waals surface area contributed by atoms with Gasteiger partial charge in [0.2, 0.25) is 0 Å². The maximum absolute atomic E-state index is 5.89. The van der Waals surface area contributed by atoms with Crippen LogP contribution in [-0.2, 0) is 0 Å². The molecule has 2 N–H and O–H groups in total. The van der Waals surface area contributed by atoms with Crippen LogP contribution in [0.3, 0.4) is 0 Å². The van der Waals surface area contributed by atoms with Gasteiger partial charge in [0.05, 0.1) is 5.52 Å². The van der Waals surface area contributed by atoms with Crippen LogP contribution < -0.4 is 5.73 Å². The highest BCUT2D eigenvalue weighted by molar-refractivity contribution is 5.86. The van der Waals surface area contributed by atoms with Gasteiger partial charge in [0, 0.05) is 22.8 Å². The number of nitrogens with zero attached hydrogens (tertiary/aromatic N) is 2. The number of rotatable bonds is 1. The molecule has 0 amide bonds. The van der Waals surface area contributed by atoms with Crippen molar-refractivity contribution < 1.29 is 0 Å². The lowest BCUT2D eigenvalue weighted by atomic mass is 10.0. The number of aryl methyl sites for hydroxylation is 1. The van der Waals surface area contributed by atoms with Crippen LogP contribution in [0.5, 0.6) is 0 Å². The highest BCUT2D eigenvalue weighted by Crippen LogP contribution is 2.26. The molecular formula is C15H13N3. The molecule has 0 aliphatic carbocycles. The molecule has 0 fully saturated rings. The fourth-order valence-corrected chi connectivity index (χ4v) is 2.06. The number of nitrogen functional groups attached to an aromatic ring is 1. The predicted octanol–water partition coefficient (Wildman–Crippen LogP) is 3.19. The summed E-state index contributed by atoms with van der Waals surface area (Å²) in [5.41, 5.74) is 9.95. The summed E-state index contributed by atoms with van der Waals surface area (Å²) in [6.07, 6.45) is 1.70. The quantitative estimate of drug-likeness (QED) is 0.704. The summed E-state index contributed by atoms with van der Waals surface area (Å²) in [7, 11) is 0. The van der Waals surface area contributed by atoms with Gasteiger partial charge in [-0.3, -0.25) is 4.98 Å². The van der Waals surface area contributed by atoms with Gasteiger partial charge in [0.15, 0.2) is 0 Å². The predicted molar refractivity (Wildman–Crippen MR) is 74.1 cm³/mol. The maximum atomic E-state index is 5.89. The van der Waals surface area contributed by atoms with E-state index in [4.69, 9.17) is 5.73 Å². The largest absolute Gasteiger partial charge is 0.383 e. The Balaban J connectivity index is 2.20. The van der Waals surface area contributed by atoms with E-state index in [0.29, 0.717) is 5.82 Å². The van der Waals surface area contributed by atoms with E-state index in [1.54, 1.807) is 6.20 Å². The van der Waals surface area contributed by atoms with Gasteiger partial charge in [-0.25, -0.2) is 4.98 Å². The average molecular weight is 235 g/mol. The second-order valence-corrected chi connectivity index (χ2v) is 4.30. The van der Waals surface area contributed by atoms with Gasteiger partial charge in [0.1, 0.15) is 5.82 Å². The normalized spacial score (nSPS) is 10.7. The van der Waals surface area contributed by atoms with Crippen molar-refractivity contribution in [2.45, 2.75) is 6.92 Å². The van der Waals surface area contributed by atoms with Crippen LogP contribution >= 0.6 is 0 Å². The Morgan fingerprint density at radius 2 is 1.94 bits per heavy atom. The molecule has 2 aromatic heterocycles. The summed E-state index contributed by atoms with van der Waals surface area (Å²) in [6.45, 7) is 1.99. The first-order valence-electron chi connectivity index (χ1n) is 5.82. The highest BCUT2D eigenvalue weighted by atomic mass is 14.8. The van der Waals surface area contributed by atoms with Gasteiger partial charge < -0.3 is 5.73 Å². The highest BCUT2D eigenvalue weighted by Gasteiger charge is 2.04. The fraction of sp³-hybridized carbons (Fsp3) is 0.0667. The Morgan fingerprint density at radius 3 is 2.78 bits per heavy atom. The molecule has 0 aliphatic rings. The first-order chi connectivity index (χ1) is 8.74. The van der Waals surface area contributed by atoms with E-state index >= 15 is 0 Å². The molecule has 0 spiro atoms. The molecule has 88 valence electrons. The van der Waals surface area contributed by atoms with Gasteiger partial charge >= 0.3 is 0 Å². The zero-order valence-electron chi connectivity index (χ0n) is 10.1. The van der Waals surface area contributed by atoms with Gasteiger partial charge in [-0.05, 0) is 42.8 Å². The topological polar surface area (TPSA) is 51.8 Å². The summed E-state index contributed by atoms with van der Waals surface area (Å²) < 4.78 is 0. The molecule has 0 radical (unpaired) electrons. The summed E-state index contributed by atoms with van der Waals surface area (Å²) in [4.78, 5) is 8.60. The molecule has 3 nitrogen and oxygen atoms in total. The third-order valence-corrected chi connectivity index (χ3v) is 2.98. The molecule has 0 saturated heterocycles. The fourth-order valence-electron chi connectivity index (χ4n) is 2.06. The number of fused-ring (bicyclic) bond motifs is 1. The van der Waals surface area contributed by atoms with E-state index in [-0.39, 0.29) is 0 Å². The van der Waals surface area contributed by atoms with Crippen LogP contribution in [0.4, 0.5) is 5.82 Å². The third kappa shape index (κ3) is 1.80. The summed E-state index contributed by atoms with van der Waals surface area (Å²) in [5, 5.41) is 1.11. The van der Waals surface area contributed by atoms with Crippen LogP contribution in [0.15, 0.2) is 48.7 Å². The zero-order valence-corrected chi connectivity index (χ0v) is 10.1. The molecule has 0 atom stereocenters. The molecule has 3 rings (SSSR count). The first kappa shape index (κ1) is 10.7. The lowest BCUT2D eigenvalue weighted by Gasteiger charge is -2.06. The Morgan fingerprint density at radius 1 is 1.06 bits per heavy atom. The number of nitrogens with two attached hydrogens (primary N) is 1. The van der Waals surface area contributed by atoms with E-state index in [9.17, 15) is 0 Å². The van der Waals surface area contributed by atoms with Crippen molar-refractivity contribution in [3.05, 3.63) is 54.4 Å². The minimum absolute atomic E-state index is 0.553. The van der Waals surface area contributed by atoms with E-state index in [2.05, 4.69) is 22.1 Å². The molecule has 3 heteroatoms. The third-order valence-electron chi connectivity index (χ3n) is 2.98. The van der Waals surface area contributed by atoms with Crippen molar-refractivity contribution >= 4 is 16.7 Å². The molecule has 1 aromatic carbocycles. The first-order valence-corrected chi connectivity index (χ1v) is 5.82. The van der Waals surface area contributed by atoms with E-state index in [0.717, 1.165) is 27.7 Å². The molecule has 2 heterocycles. The second kappa shape index (κ2) is 4.11. The summed E-state index contributed by atoms with van der Waals surface area (Å²) in [5.74, 6) is 0.553. The van der Waals surface area contributed by atoms with E-state index in [1.807, 2.05) is 37.3 Å². The van der Waals surface area contributed by atoms with Crippen LogP contribution in [-0.4, -0.2) is 9.97 Å². The number of aromatic nitrogens is 2. The second-order valence-electron chi connectivity index (χ2n) is 4.30. The lowest BCUT2D eigenvalue weighted by Crippen LogP contribution is -1.93. The lowest BCUT2D eigenvalue weighted by molar-refractivity contribution is 1.26. The van der Waals surface area contributed by atoms with Crippen molar-refractivity contribution in [2.75, 3.05) is 5.73 Å². The number of benzene rings is 1. The zero-order chi connectivity index (χ0) is 12.5. The Labute approximate surface area is 105 Å². The summed E-state index contributed by atoms with van der Waals surface area (Å²) in [6, 6.07) is 14.1. The smallest absolute Gasteiger partial charge is 0.131 e. The number of pyridine rings is 2. The minimum Gasteiger partial charge on any atom is -0.383 e. The number of hydrogen-bond donors (Lipinski definition) is 1. The molecule has 18 heavy (non-hydrogen) atoms. The van der Waals surface area contributed by atoms with Crippen molar-refractivity contribution in [1.29, 1.82) is 0 Å². The van der Waals surface area contributed by atoms with Crippen molar-refractivity contribution in [2.24, 2.45) is 0 Å². The van der Waals surface area contributed by atoms with Crippen molar-refractivity contribution in [3.8, 4) is 11.1 Å². The molecule has 0 unspecified atom stereocenters. The van der Waals surface area contributed by atoms with Crippen LogP contribution in [0.2, 0.25) is 0 Å². The van der Waals surface area contributed by atoms with E-state index < -0.39 is 0 Å². The van der Waals surface area contributed by atoms with Crippen LogP contribution in [0.1, 0.15) is 5.69 Å². The van der Waals surface area contributed by atoms with Gasteiger partial charge in [-0.2, -0.15) is 0 Å². The van der Waals surface area contributed by atoms with Crippen molar-refractivity contribution in [1.82, 2.24) is 9.97 Å². The Kier molecular flexibility index (Phi) is 2.45. The standard InChI is InChI=1S/C15H13N3/c1-10-4-5-12-9-11(6-7-14(12)18-10)13-3-2-8-17-15(13)16/h2-9H,1H3,(H2,16,17). The molecule has 0 aliphatic heterocycles. The van der Waals surface area contributed by atoms with Gasteiger partial charge in [-0.15, -0.1) is 0 Å². The monoisotopic (exact) mass is 235 g/mol. The Hall–Kier alpha value is -2.42. The van der Waals surface area contributed by atoms with Crippen molar-refractivity contribution in [3.63, 3.8) is 0 Å². The van der Waals surface area contributed by atoms with Gasteiger partial charge in [0.25, 0.3) is 0 Å². The number of hydrogen-bond acceptors (Lipinski definition) is 3. The maximum Gasteiger partial charge on any atom is 0.131 e. The van der Waals surface area contributed by atoms with E-state index in [1.165, 1.54) is 0 Å². The van der Waals surface area contributed by atoms with Gasteiger partial charge in [-0.1, -0.05) is 12.1 Å². The molecular weight excluding hydrogens is 222 g/mol. The summed E-state index contributed by atoms with van der Waals surface area (Å²) >= 11 is 0. The van der Waals surface area contributed by atoms with Crippen LogP contribution in [0, 0.1) is 6.92 Å². The van der Waals surface area contributed by atoms with Crippen LogP contribution in [0.25, 0.3) is 22.0 Å². The number of anilines is 1. The SMILES string of the molecule is Cc1ccc2cc(-c3cccnc3N)ccc2n1. The average Bonchev–Trinajstić information content (AvgIpc) is 2.39. The Bertz CT molecular complexity index is 720. The minimum atomic E-state index is 0.553. The molecule has 3 aromatic rings. The molecule has 0 bridgehead atoms.